The van der Waals surface area contributed by atoms with Crippen molar-refractivity contribution in [3.63, 3.8) is 0 Å². The van der Waals surface area contributed by atoms with Crippen molar-refractivity contribution in [3.05, 3.63) is 29.8 Å². The molecule has 16 heavy (non-hydrogen) atoms. The second kappa shape index (κ2) is 4.07. The van der Waals surface area contributed by atoms with Crippen molar-refractivity contribution in [3.8, 4) is 0 Å². The number of para-hydroxylation sites is 1. The molecule has 1 aromatic carbocycles. The molecule has 4 nitrogen and oxygen atoms in total. The van der Waals surface area contributed by atoms with E-state index >= 15 is 0 Å². The van der Waals surface area contributed by atoms with Gasteiger partial charge in [0, 0.05) is 22.9 Å². The molecule has 0 fully saturated rings. The quantitative estimate of drug-likeness (QED) is 0.749. The maximum absolute atomic E-state index is 11.7. The zero-order valence-electron chi connectivity index (χ0n) is 8.39. The fraction of sp³-hybridized carbons (Fsp3) is 0.300. The van der Waals surface area contributed by atoms with Gasteiger partial charge in [-0.3, -0.25) is 4.79 Å². The van der Waals surface area contributed by atoms with Crippen molar-refractivity contribution >= 4 is 31.3 Å². The molecule has 0 radical (unpaired) electrons. The van der Waals surface area contributed by atoms with Crippen LogP contribution in [0.2, 0.25) is 0 Å². The van der Waals surface area contributed by atoms with Gasteiger partial charge in [0.15, 0.2) is 0 Å². The van der Waals surface area contributed by atoms with Crippen LogP contribution in [0.15, 0.2) is 24.3 Å². The van der Waals surface area contributed by atoms with Gasteiger partial charge in [0.1, 0.15) is 5.75 Å². The largest absolute Gasteiger partial charge is 0.311 e. The minimum absolute atomic E-state index is 0.472. The molecular weight excluding hydrogens is 250 g/mol. The lowest BCUT2D eigenvalue weighted by molar-refractivity contribution is -0.116. The average Bonchev–Trinajstić information content (AvgIpc) is 2.58. The van der Waals surface area contributed by atoms with E-state index in [1.54, 1.807) is 6.07 Å². The van der Waals surface area contributed by atoms with Gasteiger partial charge in [-0.25, -0.2) is 8.42 Å². The van der Waals surface area contributed by atoms with E-state index in [9.17, 15) is 13.2 Å². The molecule has 0 N–H and O–H groups in total. The Labute approximate surface area is 98.2 Å². The first-order valence-electron chi connectivity index (χ1n) is 4.78. The van der Waals surface area contributed by atoms with Crippen molar-refractivity contribution < 1.29 is 13.2 Å². The minimum atomic E-state index is -3.78. The normalized spacial score (nSPS) is 14.9. The molecule has 6 heteroatoms. The second-order valence-corrected chi connectivity index (χ2v) is 6.38. The van der Waals surface area contributed by atoms with Crippen molar-refractivity contribution in [2.75, 3.05) is 17.2 Å². The molecule has 0 saturated heterocycles. The number of carbonyl (C=O) groups excluding carboxylic acids is 1. The summed E-state index contributed by atoms with van der Waals surface area (Å²) in [6.45, 7) is 0.518. The highest BCUT2D eigenvalue weighted by molar-refractivity contribution is 8.14. The number of halogens is 1. The van der Waals surface area contributed by atoms with Crippen LogP contribution >= 0.6 is 10.7 Å². The molecule has 0 aromatic heterocycles. The molecule has 0 atom stereocenters. The zero-order valence-corrected chi connectivity index (χ0v) is 9.96. The van der Waals surface area contributed by atoms with Crippen LogP contribution in [0.5, 0.6) is 0 Å². The van der Waals surface area contributed by atoms with Gasteiger partial charge in [-0.1, -0.05) is 18.2 Å². The van der Waals surface area contributed by atoms with E-state index in [0.717, 1.165) is 17.7 Å². The lowest BCUT2D eigenvalue weighted by atomic mass is 10.2. The number of nitrogens with zero attached hydrogens (tertiary/aromatic N) is 1. The Morgan fingerprint density at radius 2 is 2.06 bits per heavy atom. The maximum atomic E-state index is 11.7. The van der Waals surface area contributed by atoms with E-state index in [2.05, 4.69) is 0 Å². The highest BCUT2D eigenvalue weighted by Crippen LogP contribution is 2.27. The predicted octanol–water partition coefficient (Wildman–Crippen LogP) is 1.14. The predicted molar refractivity (Wildman–Crippen MR) is 62.1 cm³/mol. The number of benzene rings is 1. The van der Waals surface area contributed by atoms with Crippen LogP contribution in [0, 0.1) is 0 Å². The molecule has 1 amide bonds. The van der Waals surface area contributed by atoms with Crippen LogP contribution in [0.3, 0.4) is 0 Å². The Morgan fingerprint density at radius 3 is 2.75 bits per heavy atom. The summed E-state index contributed by atoms with van der Waals surface area (Å²) in [5, 5.41) is 0. The fourth-order valence-corrected chi connectivity index (χ4v) is 2.55. The third-order valence-electron chi connectivity index (χ3n) is 2.48. The van der Waals surface area contributed by atoms with Gasteiger partial charge in [0.25, 0.3) is 0 Å². The lowest BCUT2D eigenvalue weighted by Crippen LogP contribution is -2.33. The lowest BCUT2D eigenvalue weighted by Gasteiger charge is -2.16. The van der Waals surface area contributed by atoms with Gasteiger partial charge in [-0.05, 0) is 18.1 Å². The first-order chi connectivity index (χ1) is 7.47. The monoisotopic (exact) mass is 259 g/mol. The third-order valence-corrected chi connectivity index (χ3v) is 3.40. The SMILES string of the molecule is O=C(CS(=O)(=O)Cl)N1CCc2ccccc21. The Bertz CT molecular complexity index is 527. The Morgan fingerprint density at radius 1 is 1.38 bits per heavy atom. The Hall–Kier alpha value is -1.07. The van der Waals surface area contributed by atoms with E-state index in [0.29, 0.717) is 6.54 Å². The summed E-state index contributed by atoms with van der Waals surface area (Å²) in [5.74, 6) is -1.12. The summed E-state index contributed by atoms with van der Waals surface area (Å²) in [6, 6.07) is 7.45. The molecule has 0 aliphatic carbocycles. The fourth-order valence-electron chi connectivity index (χ4n) is 1.82. The molecule has 86 valence electrons. The number of hydrogen-bond donors (Lipinski definition) is 0. The number of carbonyl (C=O) groups is 1. The number of fused-ring (bicyclic) bond motifs is 1. The summed E-state index contributed by atoms with van der Waals surface area (Å²) in [5.41, 5.74) is 1.84. The Balaban J connectivity index is 2.23. The average molecular weight is 260 g/mol. The van der Waals surface area contributed by atoms with Crippen LogP contribution in [0.1, 0.15) is 5.56 Å². The highest BCUT2D eigenvalue weighted by atomic mass is 35.7. The van der Waals surface area contributed by atoms with Crippen LogP contribution in [0.4, 0.5) is 5.69 Å². The van der Waals surface area contributed by atoms with Gasteiger partial charge >= 0.3 is 0 Å². The summed E-state index contributed by atoms with van der Waals surface area (Å²) in [6.07, 6.45) is 0.754. The van der Waals surface area contributed by atoms with Crippen molar-refractivity contribution in [2.24, 2.45) is 0 Å². The summed E-state index contributed by atoms with van der Waals surface area (Å²) >= 11 is 0. The molecule has 1 heterocycles. The topological polar surface area (TPSA) is 54.5 Å². The number of anilines is 1. The molecule has 1 aliphatic heterocycles. The van der Waals surface area contributed by atoms with Gasteiger partial charge in [0.2, 0.25) is 15.0 Å². The van der Waals surface area contributed by atoms with E-state index in [1.165, 1.54) is 4.90 Å². The molecule has 0 saturated carbocycles. The molecular formula is C10H10ClNO3S. The van der Waals surface area contributed by atoms with Gasteiger partial charge < -0.3 is 4.90 Å². The molecule has 1 aromatic rings. The summed E-state index contributed by atoms with van der Waals surface area (Å²) < 4.78 is 21.7. The van der Waals surface area contributed by atoms with Crippen molar-refractivity contribution in [2.45, 2.75) is 6.42 Å². The molecule has 2 rings (SSSR count). The van der Waals surface area contributed by atoms with E-state index in [1.807, 2.05) is 18.2 Å². The summed E-state index contributed by atoms with van der Waals surface area (Å²) in [7, 11) is 1.28. The number of rotatable bonds is 2. The maximum Gasteiger partial charge on any atom is 0.243 e. The number of amides is 1. The second-order valence-electron chi connectivity index (χ2n) is 3.61. The van der Waals surface area contributed by atoms with E-state index in [4.69, 9.17) is 10.7 Å². The van der Waals surface area contributed by atoms with Crippen LogP contribution in [-0.4, -0.2) is 26.6 Å². The third kappa shape index (κ3) is 2.36. The van der Waals surface area contributed by atoms with Crippen LogP contribution in [0.25, 0.3) is 0 Å². The van der Waals surface area contributed by atoms with Crippen LogP contribution in [-0.2, 0) is 20.3 Å². The highest BCUT2D eigenvalue weighted by Gasteiger charge is 2.26. The van der Waals surface area contributed by atoms with Gasteiger partial charge in [0.05, 0.1) is 0 Å². The van der Waals surface area contributed by atoms with Gasteiger partial charge in [-0.15, -0.1) is 0 Å². The Kier molecular flexibility index (Phi) is 2.90. The zero-order chi connectivity index (χ0) is 11.8. The minimum Gasteiger partial charge on any atom is -0.311 e. The molecule has 0 unspecified atom stereocenters. The van der Waals surface area contributed by atoms with E-state index in [-0.39, 0.29) is 0 Å². The standard InChI is InChI=1S/C10H10ClNO3S/c11-16(14,15)7-10(13)12-6-5-8-3-1-2-4-9(8)12/h1-4H,5-7H2. The molecule has 1 aliphatic rings. The van der Waals surface area contributed by atoms with E-state index < -0.39 is 20.7 Å². The van der Waals surface area contributed by atoms with Crippen LogP contribution < -0.4 is 4.90 Å². The van der Waals surface area contributed by atoms with Crippen molar-refractivity contribution in [1.29, 1.82) is 0 Å². The van der Waals surface area contributed by atoms with Crippen molar-refractivity contribution in [1.82, 2.24) is 0 Å². The summed E-state index contributed by atoms with van der Waals surface area (Å²) in [4.78, 5) is 13.2. The number of hydrogen-bond acceptors (Lipinski definition) is 3. The van der Waals surface area contributed by atoms with Gasteiger partial charge in [-0.2, -0.15) is 0 Å². The first kappa shape index (κ1) is 11.4. The first-order valence-corrected chi connectivity index (χ1v) is 7.26. The smallest absolute Gasteiger partial charge is 0.243 e. The molecule has 0 spiro atoms. The molecule has 0 bridgehead atoms.